The van der Waals surface area contributed by atoms with Crippen molar-refractivity contribution in [3.63, 3.8) is 0 Å². The van der Waals surface area contributed by atoms with Crippen LogP contribution in [-0.2, 0) is 4.74 Å². The molecule has 0 aliphatic carbocycles. The van der Waals surface area contributed by atoms with Gasteiger partial charge in [0.15, 0.2) is 0 Å². The largest absolute Gasteiger partial charge is 0.461 e. The fourth-order valence-corrected chi connectivity index (χ4v) is 2.43. The number of hydrogen-bond acceptors (Lipinski definition) is 5. The molecule has 110 valence electrons. The highest BCUT2D eigenvalue weighted by Gasteiger charge is 2.17. The van der Waals surface area contributed by atoms with E-state index in [1.165, 1.54) is 0 Å². The lowest BCUT2D eigenvalue weighted by molar-refractivity contribution is 0.0434. The zero-order valence-electron chi connectivity index (χ0n) is 11.6. The van der Waals surface area contributed by atoms with Crippen molar-refractivity contribution in [2.45, 2.75) is 0 Å². The molecule has 0 radical (unpaired) electrons. The minimum absolute atomic E-state index is 0.257. The van der Waals surface area contributed by atoms with Gasteiger partial charge >= 0.3 is 5.97 Å². The fraction of sp³-hybridized carbons (Fsp3) is 0.500. The van der Waals surface area contributed by atoms with Crippen molar-refractivity contribution < 1.29 is 9.53 Å². The summed E-state index contributed by atoms with van der Waals surface area (Å²) in [4.78, 5) is 16.5. The molecule has 0 bridgehead atoms. The molecule has 0 amide bonds. The molecule has 0 aromatic heterocycles. The smallest absolute Gasteiger partial charge is 0.341 e. The maximum Gasteiger partial charge on any atom is 0.341 e. The minimum Gasteiger partial charge on any atom is -0.461 e. The van der Waals surface area contributed by atoms with Crippen LogP contribution in [0.2, 0.25) is 5.02 Å². The Morgan fingerprint density at radius 2 is 2.05 bits per heavy atom. The van der Waals surface area contributed by atoms with Crippen LogP contribution in [0.5, 0.6) is 0 Å². The van der Waals surface area contributed by atoms with E-state index < -0.39 is 5.97 Å². The van der Waals surface area contributed by atoms with E-state index in [4.69, 9.17) is 22.1 Å². The SMILES string of the molecule is CN1CCN(CCOC(=O)c2c(N)cccc2Cl)CC1. The number of carbonyl (C=O) groups excluding carboxylic acids is 1. The van der Waals surface area contributed by atoms with E-state index in [0.29, 0.717) is 17.3 Å². The lowest BCUT2D eigenvalue weighted by Gasteiger charge is -2.32. The molecule has 0 saturated carbocycles. The van der Waals surface area contributed by atoms with Gasteiger partial charge in [-0.2, -0.15) is 0 Å². The van der Waals surface area contributed by atoms with Crippen LogP contribution in [0.1, 0.15) is 10.4 Å². The summed E-state index contributed by atoms with van der Waals surface area (Å²) in [7, 11) is 2.11. The number of ether oxygens (including phenoxy) is 1. The minimum atomic E-state index is -0.456. The topological polar surface area (TPSA) is 58.8 Å². The number of anilines is 1. The van der Waals surface area contributed by atoms with Crippen molar-refractivity contribution in [1.82, 2.24) is 9.80 Å². The monoisotopic (exact) mass is 297 g/mol. The maximum atomic E-state index is 12.0. The van der Waals surface area contributed by atoms with Gasteiger partial charge in [0.25, 0.3) is 0 Å². The summed E-state index contributed by atoms with van der Waals surface area (Å²) in [5.74, 6) is -0.456. The van der Waals surface area contributed by atoms with E-state index in [1.54, 1.807) is 18.2 Å². The molecule has 6 heteroatoms. The Morgan fingerprint density at radius 1 is 1.35 bits per heavy atom. The number of rotatable bonds is 4. The second-order valence-corrected chi connectivity index (χ2v) is 5.39. The fourth-order valence-electron chi connectivity index (χ4n) is 2.17. The van der Waals surface area contributed by atoms with Gasteiger partial charge in [0.2, 0.25) is 0 Å². The summed E-state index contributed by atoms with van der Waals surface area (Å²) >= 11 is 5.97. The zero-order chi connectivity index (χ0) is 14.5. The van der Waals surface area contributed by atoms with Crippen LogP contribution in [0.4, 0.5) is 5.69 Å². The molecule has 0 spiro atoms. The molecule has 0 atom stereocenters. The van der Waals surface area contributed by atoms with Crippen molar-refractivity contribution in [3.8, 4) is 0 Å². The number of piperazine rings is 1. The number of nitrogen functional groups attached to an aromatic ring is 1. The Bertz CT molecular complexity index is 453. The van der Waals surface area contributed by atoms with E-state index in [2.05, 4.69) is 16.8 Å². The van der Waals surface area contributed by atoms with Crippen LogP contribution >= 0.6 is 11.6 Å². The molecule has 1 aromatic carbocycles. The number of nitrogens with zero attached hydrogens (tertiary/aromatic N) is 2. The molecule has 0 unspecified atom stereocenters. The van der Waals surface area contributed by atoms with Gasteiger partial charge in [-0.3, -0.25) is 4.90 Å². The highest BCUT2D eigenvalue weighted by Crippen LogP contribution is 2.22. The summed E-state index contributed by atoms with van der Waals surface area (Å²) in [6.45, 7) is 5.19. The average Bonchev–Trinajstić information content (AvgIpc) is 2.41. The Balaban J connectivity index is 1.81. The van der Waals surface area contributed by atoms with Crippen LogP contribution in [-0.4, -0.2) is 62.1 Å². The third-order valence-electron chi connectivity index (χ3n) is 3.49. The summed E-state index contributed by atoms with van der Waals surface area (Å²) < 4.78 is 5.26. The van der Waals surface area contributed by atoms with Crippen molar-refractivity contribution in [2.24, 2.45) is 0 Å². The van der Waals surface area contributed by atoms with Gasteiger partial charge in [-0.25, -0.2) is 4.79 Å². The molecule has 1 fully saturated rings. The first-order valence-electron chi connectivity index (χ1n) is 6.70. The first-order valence-corrected chi connectivity index (χ1v) is 7.07. The van der Waals surface area contributed by atoms with Gasteiger partial charge in [-0.1, -0.05) is 17.7 Å². The van der Waals surface area contributed by atoms with Crippen molar-refractivity contribution in [2.75, 3.05) is 52.1 Å². The molecule has 1 aromatic rings. The molecule has 2 N–H and O–H groups in total. The Labute approximate surface area is 124 Å². The maximum absolute atomic E-state index is 12.0. The molecule has 2 rings (SSSR count). The first-order chi connectivity index (χ1) is 9.58. The number of benzene rings is 1. The van der Waals surface area contributed by atoms with E-state index in [0.717, 1.165) is 32.7 Å². The van der Waals surface area contributed by atoms with E-state index in [-0.39, 0.29) is 5.56 Å². The van der Waals surface area contributed by atoms with Crippen molar-refractivity contribution in [1.29, 1.82) is 0 Å². The Hall–Kier alpha value is -1.30. The summed E-state index contributed by atoms with van der Waals surface area (Å²) in [6.07, 6.45) is 0. The van der Waals surface area contributed by atoms with Gasteiger partial charge < -0.3 is 15.4 Å². The molecule has 1 aliphatic rings. The molecular formula is C14H20ClN3O2. The average molecular weight is 298 g/mol. The standard InChI is InChI=1S/C14H20ClN3O2/c1-17-5-7-18(8-6-17)9-10-20-14(19)13-11(15)3-2-4-12(13)16/h2-4H,5-10,16H2,1H3. The van der Waals surface area contributed by atoms with Crippen LogP contribution < -0.4 is 5.73 Å². The van der Waals surface area contributed by atoms with Gasteiger partial charge in [-0.15, -0.1) is 0 Å². The third kappa shape index (κ3) is 3.85. The molecule has 5 nitrogen and oxygen atoms in total. The second kappa shape index (κ2) is 6.92. The predicted molar refractivity (Wildman–Crippen MR) is 80.1 cm³/mol. The van der Waals surface area contributed by atoms with Gasteiger partial charge in [0.05, 0.1) is 5.02 Å². The van der Waals surface area contributed by atoms with Crippen LogP contribution in [0.3, 0.4) is 0 Å². The molecule has 1 heterocycles. The van der Waals surface area contributed by atoms with Crippen LogP contribution in [0.15, 0.2) is 18.2 Å². The molecule has 1 aliphatic heterocycles. The summed E-state index contributed by atoms with van der Waals surface area (Å²) in [5.41, 5.74) is 6.36. The number of halogens is 1. The molecular weight excluding hydrogens is 278 g/mol. The van der Waals surface area contributed by atoms with Crippen molar-refractivity contribution in [3.05, 3.63) is 28.8 Å². The predicted octanol–water partition coefficient (Wildman–Crippen LogP) is 1.33. The zero-order valence-corrected chi connectivity index (χ0v) is 12.4. The number of carbonyl (C=O) groups is 1. The number of esters is 1. The van der Waals surface area contributed by atoms with E-state index in [9.17, 15) is 4.79 Å². The van der Waals surface area contributed by atoms with Gasteiger partial charge in [0, 0.05) is 38.4 Å². The van der Waals surface area contributed by atoms with Gasteiger partial charge in [0.1, 0.15) is 12.2 Å². The van der Waals surface area contributed by atoms with E-state index >= 15 is 0 Å². The molecule has 1 saturated heterocycles. The Kier molecular flexibility index (Phi) is 5.23. The summed E-state index contributed by atoms with van der Waals surface area (Å²) in [6, 6.07) is 4.98. The highest BCUT2D eigenvalue weighted by atomic mass is 35.5. The van der Waals surface area contributed by atoms with Crippen LogP contribution in [0, 0.1) is 0 Å². The number of nitrogens with two attached hydrogens (primary N) is 1. The Morgan fingerprint density at radius 3 is 2.70 bits per heavy atom. The van der Waals surface area contributed by atoms with Crippen LogP contribution in [0.25, 0.3) is 0 Å². The van der Waals surface area contributed by atoms with Gasteiger partial charge in [-0.05, 0) is 19.2 Å². The third-order valence-corrected chi connectivity index (χ3v) is 3.80. The highest BCUT2D eigenvalue weighted by molar-refractivity contribution is 6.34. The lowest BCUT2D eigenvalue weighted by atomic mass is 10.2. The van der Waals surface area contributed by atoms with E-state index in [1.807, 2.05) is 0 Å². The first kappa shape index (κ1) is 15.1. The lowest BCUT2D eigenvalue weighted by Crippen LogP contribution is -2.45. The quantitative estimate of drug-likeness (QED) is 0.671. The molecule has 20 heavy (non-hydrogen) atoms. The summed E-state index contributed by atoms with van der Waals surface area (Å²) in [5, 5.41) is 0.328. The number of hydrogen-bond donors (Lipinski definition) is 1. The normalized spacial score (nSPS) is 17.1. The second-order valence-electron chi connectivity index (χ2n) is 4.98. The van der Waals surface area contributed by atoms with Crippen molar-refractivity contribution >= 4 is 23.3 Å². The number of likely N-dealkylation sites (N-methyl/N-ethyl adjacent to an activating group) is 1.